The monoisotopic (exact) mass is 363 g/mol. The van der Waals surface area contributed by atoms with E-state index in [0.29, 0.717) is 32.5 Å². The lowest BCUT2D eigenvalue weighted by Crippen LogP contribution is -2.41. The molecule has 27 heavy (non-hydrogen) atoms. The van der Waals surface area contributed by atoms with E-state index in [9.17, 15) is 14.4 Å². The van der Waals surface area contributed by atoms with Crippen molar-refractivity contribution in [3.8, 4) is 0 Å². The lowest BCUT2D eigenvalue weighted by atomic mass is 9.91. The molecule has 0 bridgehead atoms. The molecule has 5 nitrogen and oxygen atoms in total. The topological polar surface area (TPSA) is 59.4 Å². The SMILES string of the molecule is O=C(C1=C[CH]1)C1CCC(=O)N(Cc2ccc(Cn3ccccc3=O)cc2)C1.[HH]. The van der Waals surface area contributed by atoms with Crippen LogP contribution < -0.4 is 5.56 Å². The second-order valence-corrected chi connectivity index (χ2v) is 7.15. The molecule has 0 N–H and O–H groups in total. The van der Waals surface area contributed by atoms with E-state index in [1.54, 1.807) is 27.8 Å². The van der Waals surface area contributed by atoms with E-state index < -0.39 is 0 Å². The van der Waals surface area contributed by atoms with Crippen LogP contribution in [-0.2, 0) is 22.7 Å². The summed E-state index contributed by atoms with van der Waals surface area (Å²) in [6.45, 7) is 1.52. The number of hydrogen-bond acceptors (Lipinski definition) is 3. The van der Waals surface area contributed by atoms with Gasteiger partial charge in [0, 0.05) is 45.5 Å². The van der Waals surface area contributed by atoms with Gasteiger partial charge < -0.3 is 9.47 Å². The summed E-state index contributed by atoms with van der Waals surface area (Å²) in [7, 11) is 0. The fourth-order valence-electron chi connectivity index (χ4n) is 3.48. The fourth-order valence-corrected chi connectivity index (χ4v) is 3.48. The van der Waals surface area contributed by atoms with Gasteiger partial charge in [0.1, 0.15) is 0 Å². The third kappa shape index (κ3) is 4.08. The van der Waals surface area contributed by atoms with Crippen molar-refractivity contribution in [3.63, 3.8) is 0 Å². The molecule has 1 aliphatic carbocycles. The number of aromatic nitrogens is 1. The molecule has 5 heteroatoms. The smallest absolute Gasteiger partial charge is 0.250 e. The molecular weight excluding hydrogens is 340 g/mol. The highest BCUT2D eigenvalue weighted by atomic mass is 16.2. The summed E-state index contributed by atoms with van der Waals surface area (Å²) >= 11 is 0. The van der Waals surface area contributed by atoms with Crippen molar-refractivity contribution in [1.29, 1.82) is 0 Å². The number of benzene rings is 1. The van der Waals surface area contributed by atoms with Crippen molar-refractivity contribution >= 4 is 11.7 Å². The minimum atomic E-state index is -0.0862. The Morgan fingerprint density at radius 3 is 2.41 bits per heavy atom. The van der Waals surface area contributed by atoms with Gasteiger partial charge in [0.25, 0.3) is 5.56 Å². The summed E-state index contributed by atoms with van der Waals surface area (Å²) < 4.78 is 1.66. The van der Waals surface area contributed by atoms with Gasteiger partial charge in [0.15, 0.2) is 5.78 Å². The molecule has 0 spiro atoms. The minimum absolute atomic E-state index is 0. The van der Waals surface area contributed by atoms with Crippen molar-refractivity contribution in [2.75, 3.05) is 6.54 Å². The molecule has 2 aliphatic rings. The van der Waals surface area contributed by atoms with Crippen LogP contribution in [0.2, 0.25) is 0 Å². The Kier molecular flexibility index (Phi) is 4.75. The van der Waals surface area contributed by atoms with Crippen LogP contribution in [-0.4, -0.2) is 27.7 Å². The normalized spacial score (nSPS) is 19.0. The fraction of sp³-hybridized carbons (Fsp3) is 0.273. The number of allylic oxidation sites excluding steroid dienone is 2. The second-order valence-electron chi connectivity index (χ2n) is 7.15. The molecule has 0 saturated carbocycles. The Bertz CT molecular complexity index is 962. The molecule has 1 atom stereocenters. The molecule has 1 radical (unpaired) electrons. The summed E-state index contributed by atoms with van der Waals surface area (Å²) in [6, 6.07) is 13.0. The molecule has 1 amide bonds. The number of ketones is 1. The number of rotatable bonds is 6. The van der Waals surface area contributed by atoms with Gasteiger partial charge in [-0.05, 0) is 29.2 Å². The number of Topliss-reactive ketones (excluding diaryl/α,β-unsaturated/α-hetero) is 1. The maximum absolute atomic E-state index is 12.3. The molecule has 1 aromatic heterocycles. The molecule has 2 aromatic rings. The maximum Gasteiger partial charge on any atom is 0.250 e. The van der Waals surface area contributed by atoms with Crippen LogP contribution >= 0.6 is 0 Å². The van der Waals surface area contributed by atoms with Crippen LogP contribution in [0.1, 0.15) is 25.4 Å². The number of nitrogens with zero attached hydrogens (tertiary/aromatic N) is 2. The molecule has 1 aromatic carbocycles. The maximum atomic E-state index is 12.3. The zero-order valence-corrected chi connectivity index (χ0v) is 15.0. The largest absolute Gasteiger partial charge is 0.338 e. The van der Waals surface area contributed by atoms with Crippen molar-refractivity contribution < 1.29 is 11.0 Å². The van der Waals surface area contributed by atoms with E-state index in [0.717, 1.165) is 16.7 Å². The highest BCUT2D eigenvalue weighted by molar-refractivity contribution is 6.05. The van der Waals surface area contributed by atoms with Gasteiger partial charge in [-0.1, -0.05) is 36.4 Å². The van der Waals surface area contributed by atoms with Gasteiger partial charge in [0.2, 0.25) is 5.91 Å². The summed E-state index contributed by atoms with van der Waals surface area (Å²) in [5.74, 6) is 0.181. The highest BCUT2D eigenvalue weighted by Crippen LogP contribution is 2.28. The summed E-state index contributed by atoms with van der Waals surface area (Å²) in [4.78, 5) is 38.1. The first kappa shape index (κ1) is 17.5. The quantitative estimate of drug-likeness (QED) is 0.793. The van der Waals surface area contributed by atoms with Crippen LogP contribution in [0.3, 0.4) is 0 Å². The molecule has 1 saturated heterocycles. The third-order valence-corrected chi connectivity index (χ3v) is 5.14. The van der Waals surface area contributed by atoms with Gasteiger partial charge in [-0.25, -0.2) is 0 Å². The van der Waals surface area contributed by atoms with Crippen molar-refractivity contribution in [1.82, 2.24) is 9.47 Å². The van der Waals surface area contributed by atoms with E-state index in [4.69, 9.17) is 0 Å². The lowest BCUT2D eigenvalue weighted by molar-refractivity contribution is -0.137. The Morgan fingerprint density at radius 2 is 1.74 bits per heavy atom. The average Bonchev–Trinajstić information content (AvgIpc) is 3.51. The number of carbonyl (C=O) groups excluding carboxylic acids is 2. The van der Waals surface area contributed by atoms with Crippen LogP contribution in [0.5, 0.6) is 0 Å². The first-order chi connectivity index (χ1) is 13.1. The van der Waals surface area contributed by atoms with Gasteiger partial charge in [-0.15, -0.1) is 0 Å². The number of pyridine rings is 1. The van der Waals surface area contributed by atoms with E-state index >= 15 is 0 Å². The van der Waals surface area contributed by atoms with Crippen molar-refractivity contribution in [2.24, 2.45) is 5.92 Å². The van der Waals surface area contributed by atoms with E-state index in [-0.39, 0.29) is 24.6 Å². The molecule has 1 unspecified atom stereocenters. The second kappa shape index (κ2) is 7.35. The van der Waals surface area contributed by atoms with Gasteiger partial charge in [0.05, 0.1) is 6.54 Å². The Labute approximate surface area is 159 Å². The first-order valence-electron chi connectivity index (χ1n) is 9.20. The third-order valence-electron chi connectivity index (χ3n) is 5.14. The van der Waals surface area contributed by atoms with Gasteiger partial charge >= 0.3 is 0 Å². The van der Waals surface area contributed by atoms with Crippen LogP contribution in [0.4, 0.5) is 0 Å². The molecule has 1 fully saturated rings. The summed E-state index contributed by atoms with van der Waals surface area (Å²) in [6.07, 6.45) is 6.51. The predicted molar refractivity (Wildman–Crippen MR) is 104 cm³/mol. The Balaban J connectivity index is 0.00000225. The van der Waals surface area contributed by atoms with Crippen LogP contribution in [0.25, 0.3) is 0 Å². The average molecular weight is 363 g/mol. The standard InChI is InChI=1S/C22H21N2O3.H2/c25-20-3-1-2-12-23(20)13-16-4-6-17(7-5-16)14-24-15-19(10-11-21(24)26)22(27)18-8-9-18;/h1-9,12,19H,10-11,13-15H2;1H. The Morgan fingerprint density at radius 1 is 1.04 bits per heavy atom. The van der Waals surface area contributed by atoms with Gasteiger partial charge in [-0.2, -0.15) is 0 Å². The molecule has 2 heterocycles. The Hall–Kier alpha value is -2.95. The first-order valence-corrected chi connectivity index (χ1v) is 9.20. The minimum Gasteiger partial charge on any atom is -0.338 e. The molecule has 1 aliphatic heterocycles. The number of likely N-dealkylation sites (tertiary alicyclic amines) is 1. The molecule has 4 rings (SSSR count). The summed E-state index contributed by atoms with van der Waals surface area (Å²) in [5, 5.41) is 0. The number of hydrogen-bond donors (Lipinski definition) is 0. The van der Waals surface area contributed by atoms with Crippen LogP contribution in [0.15, 0.2) is 65.1 Å². The number of piperidine rings is 1. The number of amides is 1. The summed E-state index contributed by atoms with van der Waals surface area (Å²) in [5.41, 5.74) is 2.83. The number of carbonyl (C=O) groups is 2. The zero-order chi connectivity index (χ0) is 18.8. The highest BCUT2D eigenvalue weighted by Gasteiger charge is 2.33. The van der Waals surface area contributed by atoms with Crippen molar-refractivity contribution in [2.45, 2.75) is 25.9 Å². The predicted octanol–water partition coefficient (Wildman–Crippen LogP) is 2.59. The van der Waals surface area contributed by atoms with Crippen LogP contribution in [0, 0.1) is 12.3 Å². The zero-order valence-electron chi connectivity index (χ0n) is 15.0. The van der Waals surface area contributed by atoms with E-state index in [2.05, 4.69) is 0 Å². The van der Waals surface area contributed by atoms with Gasteiger partial charge in [-0.3, -0.25) is 14.4 Å². The lowest BCUT2D eigenvalue weighted by Gasteiger charge is -2.31. The van der Waals surface area contributed by atoms with E-state index in [1.165, 1.54) is 0 Å². The molecular formula is C22H23N2O3. The van der Waals surface area contributed by atoms with Crippen molar-refractivity contribution in [3.05, 3.63) is 88.2 Å². The van der Waals surface area contributed by atoms with E-state index in [1.807, 2.05) is 42.8 Å². The molecule has 139 valence electrons.